The first-order valence-corrected chi connectivity index (χ1v) is 10.5. The van der Waals surface area contributed by atoms with Gasteiger partial charge in [0, 0.05) is 24.2 Å². The molecule has 0 fully saturated rings. The molecule has 1 heterocycles. The Labute approximate surface area is 158 Å². The molecule has 0 N–H and O–H groups in total. The summed E-state index contributed by atoms with van der Waals surface area (Å²) in [4.78, 5) is 11.0. The minimum atomic E-state index is 0.496. The van der Waals surface area contributed by atoms with Gasteiger partial charge in [0.2, 0.25) is 0 Å². The number of allylic oxidation sites excluding steroid dienone is 2. The summed E-state index contributed by atoms with van der Waals surface area (Å²) in [5.74, 6) is 1.92. The quantitative estimate of drug-likeness (QED) is 0.521. The highest BCUT2D eigenvalue weighted by Crippen LogP contribution is 2.22. The Kier molecular flexibility index (Phi) is 9.88. The van der Waals surface area contributed by atoms with Crippen LogP contribution < -0.4 is 0 Å². The van der Waals surface area contributed by atoms with Crippen LogP contribution in [0, 0.1) is 20.8 Å². The number of aryl methyl sites for hydroxylation is 3. The Morgan fingerprint density at radius 2 is 1.96 bits per heavy atom. The summed E-state index contributed by atoms with van der Waals surface area (Å²) in [6.45, 7) is 15.2. The van der Waals surface area contributed by atoms with E-state index < -0.39 is 0 Å². The minimum absolute atomic E-state index is 0.496. The molecular weight excluding hydrogens is 326 g/mol. The lowest BCUT2D eigenvalue weighted by molar-refractivity contribution is 0.432. The van der Waals surface area contributed by atoms with Gasteiger partial charge < -0.3 is 4.57 Å². The number of hydrogen-bond donors (Lipinski definition) is 0. The van der Waals surface area contributed by atoms with E-state index in [2.05, 4.69) is 65.3 Å². The molecule has 0 spiro atoms. The highest BCUT2D eigenvalue weighted by Gasteiger charge is 2.09. The lowest BCUT2D eigenvalue weighted by Gasteiger charge is -2.19. The maximum Gasteiger partial charge on any atom is 0.106 e. The molecule has 1 atom stereocenters. The van der Waals surface area contributed by atoms with E-state index in [1.807, 2.05) is 18.0 Å². The average molecular weight is 362 g/mol. The van der Waals surface area contributed by atoms with Crippen molar-refractivity contribution in [3.05, 3.63) is 46.2 Å². The first-order valence-electron chi connectivity index (χ1n) is 9.48. The maximum absolute atomic E-state index is 4.90. The molecule has 0 amide bonds. The molecule has 1 aromatic heterocycles. The van der Waals surface area contributed by atoms with Crippen molar-refractivity contribution < 1.29 is 0 Å². The Morgan fingerprint density at radius 1 is 1.24 bits per heavy atom. The lowest BCUT2D eigenvalue weighted by Crippen LogP contribution is -2.11. The molecule has 140 valence electrons. The van der Waals surface area contributed by atoms with Crippen LogP contribution in [-0.4, -0.2) is 14.5 Å². The number of thioether (sulfide) groups is 1. The second-order valence-corrected chi connectivity index (χ2v) is 7.81. The van der Waals surface area contributed by atoms with Gasteiger partial charge in [-0.3, -0.25) is 4.98 Å². The molecule has 1 unspecified atom stereocenters. The van der Waals surface area contributed by atoms with Crippen LogP contribution in [0.15, 0.2) is 23.4 Å². The second kappa shape index (κ2) is 11.3. The van der Waals surface area contributed by atoms with Crippen molar-refractivity contribution in [1.29, 1.82) is 0 Å². The maximum atomic E-state index is 4.90. The Morgan fingerprint density at radius 3 is 2.56 bits per heavy atom. The fourth-order valence-electron chi connectivity index (χ4n) is 2.90. The van der Waals surface area contributed by atoms with E-state index in [9.17, 15) is 0 Å². The molecule has 0 aliphatic heterocycles. The zero-order valence-corrected chi connectivity index (χ0v) is 17.9. The molecule has 25 heavy (non-hydrogen) atoms. The van der Waals surface area contributed by atoms with Crippen LogP contribution in [0.1, 0.15) is 82.2 Å². The van der Waals surface area contributed by atoms with E-state index in [0.717, 1.165) is 35.8 Å². The van der Waals surface area contributed by atoms with Crippen LogP contribution in [0.2, 0.25) is 0 Å². The summed E-state index contributed by atoms with van der Waals surface area (Å²) in [7, 11) is 0. The molecule has 0 saturated carbocycles. The zero-order valence-electron chi connectivity index (χ0n) is 17.1. The van der Waals surface area contributed by atoms with E-state index in [1.54, 1.807) is 0 Å². The van der Waals surface area contributed by atoms with Crippen LogP contribution in [0.5, 0.6) is 0 Å². The van der Waals surface area contributed by atoms with Crippen molar-refractivity contribution in [2.75, 3.05) is 0 Å². The molecule has 3 nitrogen and oxygen atoms in total. The van der Waals surface area contributed by atoms with Gasteiger partial charge in [-0.25, -0.2) is 4.98 Å². The van der Waals surface area contributed by atoms with E-state index in [0.29, 0.717) is 6.04 Å². The monoisotopic (exact) mass is 361 g/mol. The minimum Gasteiger partial charge on any atom is -0.333 e. The Balaban J connectivity index is 3.34. The number of nitrogens with zero attached hydrogens (tertiary/aromatic N) is 3. The van der Waals surface area contributed by atoms with E-state index in [4.69, 9.17) is 9.97 Å². The molecular formula is C21H35N3S. The van der Waals surface area contributed by atoms with Crippen LogP contribution in [-0.2, 0) is 5.75 Å². The predicted octanol–water partition coefficient (Wildman–Crippen LogP) is 6.63. The molecule has 0 saturated heterocycles. The molecule has 0 aliphatic rings. The SMILES string of the molecule is CC/C=C(/C)SCc1ncc(C)cn(C(CC)CCC)c(C)nc1C. The van der Waals surface area contributed by atoms with Gasteiger partial charge in [-0.15, -0.1) is 11.8 Å². The van der Waals surface area contributed by atoms with Crippen molar-refractivity contribution in [3.8, 4) is 0 Å². The topological polar surface area (TPSA) is 30.7 Å². The smallest absolute Gasteiger partial charge is 0.106 e. The Hall–Kier alpha value is -1.29. The fourth-order valence-corrected chi connectivity index (χ4v) is 3.83. The normalized spacial score (nSPS) is 12.8. The van der Waals surface area contributed by atoms with Crippen LogP contribution >= 0.6 is 11.8 Å². The van der Waals surface area contributed by atoms with E-state index in [1.165, 1.54) is 23.3 Å². The molecule has 0 aliphatic carbocycles. The first kappa shape index (κ1) is 21.8. The number of aromatic nitrogens is 3. The summed E-state index contributed by atoms with van der Waals surface area (Å²) in [5, 5.41) is 0. The van der Waals surface area contributed by atoms with Gasteiger partial charge in [0.25, 0.3) is 0 Å². The molecule has 0 bridgehead atoms. The Bertz CT molecular complexity index is 630. The average Bonchev–Trinajstić information content (AvgIpc) is 2.61. The first-order chi connectivity index (χ1) is 11.9. The van der Waals surface area contributed by atoms with Crippen molar-refractivity contribution in [2.24, 2.45) is 0 Å². The van der Waals surface area contributed by atoms with Gasteiger partial charge in [0.15, 0.2) is 0 Å². The van der Waals surface area contributed by atoms with Gasteiger partial charge in [0.05, 0.1) is 11.4 Å². The molecule has 0 radical (unpaired) electrons. The predicted molar refractivity (Wildman–Crippen MR) is 111 cm³/mol. The highest BCUT2D eigenvalue weighted by molar-refractivity contribution is 8.02. The third kappa shape index (κ3) is 7.23. The number of hydrogen-bond acceptors (Lipinski definition) is 3. The van der Waals surface area contributed by atoms with Crippen molar-refractivity contribution >= 4 is 11.8 Å². The van der Waals surface area contributed by atoms with E-state index >= 15 is 0 Å². The molecule has 1 aromatic rings. The van der Waals surface area contributed by atoms with Crippen LogP contribution in [0.25, 0.3) is 0 Å². The van der Waals surface area contributed by atoms with Gasteiger partial charge in [-0.05, 0) is 57.4 Å². The third-order valence-corrected chi connectivity index (χ3v) is 5.34. The van der Waals surface area contributed by atoms with Crippen molar-refractivity contribution in [3.63, 3.8) is 0 Å². The molecule has 0 aromatic carbocycles. The fraction of sp³-hybridized carbons (Fsp3) is 0.619. The largest absolute Gasteiger partial charge is 0.333 e. The lowest BCUT2D eigenvalue weighted by atomic mass is 10.1. The summed E-state index contributed by atoms with van der Waals surface area (Å²) in [6.07, 6.45) is 11.0. The summed E-state index contributed by atoms with van der Waals surface area (Å²) >= 11 is 1.84. The van der Waals surface area contributed by atoms with Crippen molar-refractivity contribution in [1.82, 2.24) is 14.5 Å². The van der Waals surface area contributed by atoms with Crippen LogP contribution in [0.3, 0.4) is 0 Å². The summed E-state index contributed by atoms with van der Waals surface area (Å²) in [5.41, 5.74) is 3.25. The highest BCUT2D eigenvalue weighted by atomic mass is 32.2. The second-order valence-electron chi connectivity index (χ2n) is 6.59. The molecule has 1 rings (SSSR count). The van der Waals surface area contributed by atoms with Crippen molar-refractivity contribution in [2.45, 2.75) is 85.9 Å². The standard InChI is InChI=1S/C21H35N3S/c1-8-11-17(5)25-15-21-18(6)23-19(7)24(14-16(4)13-22-21)20(10-3)12-9-2/h11,13-14,20H,8-10,12,15H2,1-7H3/b16-14?,17-11-,21-18?,22-13?,23-19?. The zero-order chi connectivity index (χ0) is 18.8. The van der Waals surface area contributed by atoms with Gasteiger partial charge >= 0.3 is 0 Å². The van der Waals surface area contributed by atoms with Gasteiger partial charge in [-0.1, -0.05) is 33.3 Å². The van der Waals surface area contributed by atoms with Gasteiger partial charge in [-0.2, -0.15) is 0 Å². The summed E-state index contributed by atoms with van der Waals surface area (Å²) < 4.78 is 2.34. The van der Waals surface area contributed by atoms with E-state index in [-0.39, 0.29) is 0 Å². The summed E-state index contributed by atoms with van der Waals surface area (Å²) in [6, 6.07) is 0.496. The van der Waals surface area contributed by atoms with Crippen LogP contribution in [0.4, 0.5) is 0 Å². The van der Waals surface area contributed by atoms with Gasteiger partial charge in [0.1, 0.15) is 5.82 Å². The molecule has 4 heteroatoms. The third-order valence-electron chi connectivity index (χ3n) is 4.30. The number of rotatable bonds is 8.